The molecule has 1 amide bonds. The number of carbonyl (C=O) groups excluding carboxylic acids is 1. The van der Waals surface area contributed by atoms with Gasteiger partial charge in [-0.1, -0.05) is 48.9 Å². The smallest absolute Gasteiger partial charge is 0.284 e. The lowest BCUT2D eigenvalue weighted by molar-refractivity contribution is 0.102. The summed E-state index contributed by atoms with van der Waals surface area (Å²) in [6.07, 6.45) is 3.58. The largest absolute Gasteiger partial charge is 0.362 e. The molecule has 0 aliphatic carbocycles. The van der Waals surface area contributed by atoms with E-state index in [9.17, 15) is 18.5 Å². The van der Waals surface area contributed by atoms with Gasteiger partial charge < -0.3 is 10.2 Å². The molecule has 7 nitrogen and oxygen atoms in total. The van der Waals surface area contributed by atoms with Crippen LogP contribution in [0.2, 0.25) is 0 Å². The van der Waals surface area contributed by atoms with Crippen molar-refractivity contribution < 1.29 is 13.2 Å². The number of nitrogens with zero attached hydrogens (tertiary/aromatic N) is 3. The summed E-state index contributed by atoms with van der Waals surface area (Å²) in [4.78, 5) is 15.1. The second-order valence-corrected chi connectivity index (χ2v) is 10.0. The Hall–Kier alpha value is -3.96. The van der Waals surface area contributed by atoms with Crippen molar-refractivity contribution in [1.82, 2.24) is 4.90 Å². The third kappa shape index (κ3) is 5.58. The molecule has 0 radical (unpaired) electrons. The first-order valence-electron chi connectivity index (χ1n) is 11.4. The van der Waals surface area contributed by atoms with E-state index in [2.05, 4.69) is 15.8 Å². The maximum atomic E-state index is 13.2. The van der Waals surface area contributed by atoms with Gasteiger partial charge in [0.25, 0.3) is 15.9 Å². The van der Waals surface area contributed by atoms with Crippen LogP contribution < -0.4 is 5.32 Å². The fourth-order valence-electron chi connectivity index (χ4n) is 4.10. The van der Waals surface area contributed by atoms with Gasteiger partial charge in [0.15, 0.2) is 0 Å². The number of anilines is 1. The van der Waals surface area contributed by atoms with Gasteiger partial charge in [0.2, 0.25) is 0 Å². The van der Waals surface area contributed by atoms with E-state index < -0.39 is 15.9 Å². The summed E-state index contributed by atoms with van der Waals surface area (Å²) < 4.78 is 30.1. The van der Waals surface area contributed by atoms with E-state index in [0.717, 1.165) is 25.8 Å². The van der Waals surface area contributed by atoms with Gasteiger partial charge >= 0.3 is 0 Å². The molecule has 0 bridgehead atoms. The molecule has 35 heavy (non-hydrogen) atoms. The SMILES string of the molecule is CN1CCCCCC1=NS(=O)(=O)c1cccc(NC(=O)c2ccccc2-c2ccccc2C#N)c1. The van der Waals surface area contributed by atoms with Crippen LogP contribution in [0.15, 0.2) is 82.1 Å². The Labute approximate surface area is 205 Å². The van der Waals surface area contributed by atoms with Crippen LogP contribution in [0.4, 0.5) is 5.69 Å². The second kappa shape index (κ2) is 10.5. The standard InChI is InChI=1S/C27H26N4O3S/c1-31-17-8-2-3-16-26(31)30-35(33,34)22-12-9-11-21(18-22)29-27(32)25-15-7-6-14-24(25)23-13-5-4-10-20(23)19-28/h4-7,9-15,18H,2-3,8,16-17H2,1H3,(H,29,32). The Morgan fingerprint density at radius 1 is 0.971 bits per heavy atom. The molecule has 0 aromatic heterocycles. The molecule has 4 rings (SSSR count). The quantitative estimate of drug-likeness (QED) is 0.542. The number of benzene rings is 3. The predicted molar refractivity (Wildman–Crippen MR) is 137 cm³/mol. The zero-order valence-electron chi connectivity index (χ0n) is 19.4. The third-order valence-electron chi connectivity index (χ3n) is 5.96. The van der Waals surface area contributed by atoms with E-state index in [4.69, 9.17) is 0 Å². The van der Waals surface area contributed by atoms with E-state index in [1.807, 2.05) is 18.0 Å². The highest BCUT2D eigenvalue weighted by atomic mass is 32.2. The summed E-state index contributed by atoms with van der Waals surface area (Å²) in [6.45, 7) is 0.777. The molecule has 3 aromatic carbocycles. The van der Waals surface area contributed by atoms with Gasteiger partial charge in [-0.15, -0.1) is 4.40 Å². The topological polar surface area (TPSA) is 103 Å². The van der Waals surface area contributed by atoms with E-state index in [1.54, 1.807) is 54.6 Å². The number of amides is 1. The third-order valence-corrected chi connectivity index (χ3v) is 7.26. The summed E-state index contributed by atoms with van der Waals surface area (Å²) in [6, 6.07) is 22.3. The number of amidine groups is 1. The van der Waals surface area contributed by atoms with Crippen molar-refractivity contribution in [3.63, 3.8) is 0 Å². The summed E-state index contributed by atoms with van der Waals surface area (Å²) in [5.74, 6) is 0.153. The van der Waals surface area contributed by atoms with Crippen molar-refractivity contribution in [3.8, 4) is 17.2 Å². The first-order valence-corrected chi connectivity index (χ1v) is 12.9. The van der Waals surface area contributed by atoms with Gasteiger partial charge in [0.05, 0.1) is 16.5 Å². The van der Waals surface area contributed by atoms with Gasteiger partial charge in [-0.3, -0.25) is 4.79 Å². The minimum atomic E-state index is -3.93. The highest BCUT2D eigenvalue weighted by molar-refractivity contribution is 7.90. The highest BCUT2D eigenvalue weighted by Crippen LogP contribution is 2.28. The number of rotatable bonds is 5. The zero-order chi connectivity index (χ0) is 24.8. The molecule has 1 heterocycles. The second-order valence-electron chi connectivity index (χ2n) is 8.40. The number of likely N-dealkylation sites (tertiary alicyclic amines) is 1. The monoisotopic (exact) mass is 486 g/mol. The Kier molecular flexibility index (Phi) is 7.28. The van der Waals surface area contributed by atoms with E-state index >= 15 is 0 Å². The number of hydrogen-bond acceptors (Lipinski definition) is 4. The Bertz CT molecular complexity index is 1420. The van der Waals surface area contributed by atoms with Crippen LogP contribution in [-0.4, -0.2) is 38.7 Å². The van der Waals surface area contributed by atoms with Gasteiger partial charge in [0, 0.05) is 36.8 Å². The molecule has 0 spiro atoms. The van der Waals surface area contributed by atoms with Gasteiger partial charge in [-0.05, 0) is 48.7 Å². The fourth-order valence-corrected chi connectivity index (χ4v) is 5.24. The summed E-state index contributed by atoms with van der Waals surface area (Å²) in [5, 5.41) is 12.3. The van der Waals surface area contributed by atoms with Crippen LogP contribution >= 0.6 is 0 Å². The summed E-state index contributed by atoms with van der Waals surface area (Å²) in [5.41, 5.74) is 2.45. The Morgan fingerprint density at radius 2 is 1.71 bits per heavy atom. The minimum Gasteiger partial charge on any atom is -0.362 e. The molecule has 0 atom stereocenters. The maximum absolute atomic E-state index is 13.2. The van der Waals surface area contributed by atoms with Crippen molar-refractivity contribution in [1.29, 1.82) is 5.26 Å². The molecule has 0 unspecified atom stereocenters. The predicted octanol–water partition coefficient (Wildman–Crippen LogP) is 5.07. The first kappa shape index (κ1) is 24.2. The molecule has 1 fully saturated rings. The van der Waals surface area contributed by atoms with Gasteiger partial charge in [-0.2, -0.15) is 13.7 Å². The van der Waals surface area contributed by atoms with Crippen molar-refractivity contribution in [2.24, 2.45) is 4.40 Å². The molecule has 0 saturated carbocycles. The van der Waals surface area contributed by atoms with Gasteiger partial charge in [-0.25, -0.2) is 0 Å². The lowest BCUT2D eigenvalue weighted by atomic mass is 9.95. The summed E-state index contributed by atoms with van der Waals surface area (Å²) >= 11 is 0. The van der Waals surface area contributed by atoms with Crippen molar-refractivity contribution >= 4 is 27.5 Å². The zero-order valence-corrected chi connectivity index (χ0v) is 20.3. The highest BCUT2D eigenvalue weighted by Gasteiger charge is 2.20. The lowest BCUT2D eigenvalue weighted by Crippen LogP contribution is -2.26. The van der Waals surface area contributed by atoms with E-state index in [-0.39, 0.29) is 4.90 Å². The molecule has 1 aliphatic heterocycles. The van der Waals surface area contributed by atoms with Crippen LogP contribution in [0.25, 0.3) is 11.1 Å². The number of carbonyl (C=O) groups is 1. The molecule has 8 heteroatoms. The fraction of sp³-hybridized carbons (Fsp3) is 0.222. The molecule has 3 aromatic rings. The number of sulfonamides is 1. The molecule has 1 N–H and O–H groups in total. The molecular weight excluding hydrogens is 460 g/mol. The van der Waals surface area contributed by atoms with Crippen LogP contribution in [0.3, 0.4) is 0 Å². The average Bonchev–Trinajstić information content (AvgIpc) is 3.07. The minimum absolute atomic E-state index is 0.0172. The van der Waals surface area contributed by atoms with Crippen LogP contribution in [-0.2, 0) is 10.0 Å². The van der Waals surface area contributed by atoms with Crippen LogP contribution in [0, 0.1) is 11.3 Å². The first-order chi connectivity index (χ1) is 16.9. The normalized spacial score (nSPS) is 15.3. The van der Waals surface area contributed by atoms with E-state index in [0.29, 0.717) is 40.2 Å². The molecule has 1 aliphatic rings. The Morgan fingerprint density at radius 3 is 2.51 bits per heavy atom. The van der Waals surface area contributed by atoms with Crippen molar-refractivity contribution in [3.05, 3.63) is 83.9 Å². The average molecular weight is 487 g/mol. The number of hydrogen-bond donors (Lipinski definition) is 1. The van der Waals surface area contributed by atoms with Crippen LogP contribution in [0.1, 0.15) is 41.6 Å². The number of nitriles is 1. The lowest BCUT2D eigenvalue weighted by Gasteiger charge is -2.17. The Balaban J connectivity index is 1.62. The summed E-state index contributed by atoms with van der Waals surface area (Å²) in [7, 11) is -2.07. The number of nitrogens with one attached hydrogen (secondary N) is 1. The molecule has 178 valence electrons. The molecule has 1 saturated heterocycles. The van der Waals surface area contributed by atoms with Crippen molar-refractivity contribution in [2.75, 3.05) is 18.9 Å². The molecular formula is C27H26N4O3S. The van der Waals surface area contributed by atoms with E-state index in [1.165, 1.54) is 12.1 Å². The van der Waals surface area contributed by atoms with Gasteiger partial charge in [0.1, 0.15) is 5.84 Å². The maximum Gasteiger partial charge on any atom is 0.284 e. The van der Waals surface area contributed by atoms with Crippen molar-refractivity contribution in [2.45, 2.75) is 30.6 Å². The van der Waals surface area contributed by atoms with Crippen LogP contribution in [0.5, 0.6) is 0 Å².